The molecule has 5 nitrogen and oxygen atoms in total. The van der Waals surface area contributed by atoms with Crippen molar-refractivity contribution in [2.45, 2.75) is 39.7 Å². The molecule has 1 fully saturated rings. The highest BCUT2D eigenvalue weighted by Crippen LogP contribution is 2.31. The van der Waals surface area contributed by atoms with Crippen LogP contribution in [0.25, 0.3) is 0 Å². The zero-order chi connectivity index (χ0) is 15.5. The fourth-order valence-corrected chi connectivity index (χ4v) is 2.63. The van der Waals surface area contributed by atoms with Crippen molar-refractivity contribution in [1.29, 1.82) is 0 Å². The van der Waals surface area contributed by atoms with Crippen molar-refractivity contribution in [1.82, 2.24) is 19.9 Å². The Balaban J connectivity index is 1.57. The summed E-state index contributed by atoms with van der Waals surface area (Å²) < 4.78 is 2.29. The molecule has 5 heteroatoms. The Morgan fingerprint density at radius 3 is 2.91 bits per heavy atom. The number of hydrogen-bond donors (Lipinski definition) is 1. The predicted molar refractivity (Wildman–Crippen MR) is 84.7 cm³/mol. The summed E-state index contributed by atoms with van der Waals surface area (Å²) in [6.07, 6.45) is 7.03. The molecule has 2 aromatic rings. The lowest BCUT2D eigenvalue weighted by molar-refractivity contribution is 0.0953. The first kappa shape index (κ1) is 14.8. The van der Waals surface area contributed by atoms with Crippen molar-refractivity contribution in [3.05, 3.63) is 47.3 Å². The van der Waals surface area contributed by atoms with Crippen LogP contribution in [-0.4, -0.2) is 27.0 Å². The number of carbonyl (C=O) groups is 1. The van der Waals surface area contributed by atoms with Crippen molar-refractivity contribution in [3.8, 4) is 0 Å². The van der Waals surface area contributed by atoms with Gasteiger partial charge < -0.3 is 9.88 Å². The molecule has 0 aliphatic heterocycles. The van der Waals surface area contributed by atoms with E-state index in [4.69, 9.17) is 0 Å². The Labute approximate surface area is 130 Å². The maximum absolute atomic E-state index is 12.2. The van der Waals surface area contributed by atoms with Crippen LogP contribution < -0.4 is 5.32 Å². The molecule has 1 N–H and O–H groups in total. The smallest absolute Gasteiger partial charge is 0.253 e. The molecule has 1 saturated carbocycles. The largest absolute Gasteiger partial charge is 0.352 e. The summed E-state index contributed by atoms with van der Waals surface area (Å²) in [5.74, 6) is 1.81. The minimum absolute atomic E-state index is 0.0670. The quantitative estimate of drug-likeness (QED) is 0.890. The molecular weight excluding hydrogens is 276 g/mol. The predicted octanol–water partition coefficient (Wildman–Crippen LogP) is 2.28. The van der Waals surface area contributed by atoms with Gasteiger partial charge in [0.05, 0.1) is 5.56 Å². The Bertz CT molecular complexity index is 673. The summed E-state index contributed by atoms with van der Waals surface area (Å²) in [6.45, 7) is 5.60. The molecule has 1 aliphatic rings. The minimum atomic E-state index is -0.0670. The highest BCUT2D eigenvalue weighted by atomic mass is 16.1. The Kier molecular flexibility index (Phi) is 4.22. The van der Waals surface area contributed by atoms with Gasteiger partial charge in [-0.15, -0.1) is 0 Å². The van der Waals surface area contributed by atoms with Gasteiger partial charge in [0.1, 0.15) is 5.82 Å². The van der Waals surface area contributed by atoms with Crippen LogP contribution in [0.4, 0.5) is 0 Å². The lowest BCUT2D eigenvalue weighted by Gasteiger charge is -2.10. The Morgan fingerprint density at radius 2 is 2.18 bits per heavy atom. The van der Waals surface area contributed by atoms with Crippen LogP contribution in [0.15, 0.2) is 24.5 Å². The van der Waals surface area contributed by atoms with E-state index < -0.39 is 0 Å². The highest BCUT2D eigenvalue weighted by Gasteiger charge is 2.23. The van der Waals surface area contributed by atoms with E-state index in [2.05, 4.69) is 26.8 Å². The van der Waals surface area contributed by atoms with Crippen molar-refractivity contribution in [2.24, 2.45) is 5.92 Å². The Hall–Kier alpha value is -2.17. The lowest BCUT2D eigenvalue weighted by atomic mass is 10.2. The number of hydrogen-bond acceptors (Lipinski definition) is 3. The van der Waals surface area contributed by atoms with Gasteiger partial charge in [0.25, 0.3) is 5.91 Å². The first-order chi connectivity index (χ1) is 10.6. The third-order valence-corrected chi connectivity index (χ3v) is 4.16. The number of pyridine rings is 1. The second-order valence-corrected chi connectivity index (χ2v) is 6.01. The van der Waals surface area contributed by atoms with Gasteiger partial charge in [-0.3, -0.25) is 9.78 Å². The summed E-state index contributed by atoms with van der Waals surface area (Å²) in [7, 11) is 0. The zero-order valence-electron chi connectivity index (χ0n) is 13.2. The van der Waals surface area contributed by atoms with Gasteiger partial charge in [-0.25, -0.2) is 4.98 Å². The van der Waals surface area contributed by atoms with Crippen molar-refractivity contribution in [2.75, 3.05) is 6.54 Å². The van der Waals surface area contributed by atoms with Gasteiger partial charge in [0, 0.05) is 43.3 Å². The lowest BCUT2D eigenvalue weighted by Crippen LogP contribution is -2.27. The SMILES string of the molecule is Cc1ncccc1C(=O)NCCc1ncc(C)n1CC1CC1. The maximum Gasteiger partial charge on any atom is 0.253 e. The molecule has 0 unspecified atom stereocenters. The fourth-order valence-electron chi connectivity index (χ4n) is 2.63. The van der Waals surface area contributed by atoms with E-state index in [1.54, 1.807) is 18.3 Å². The number of rotatable bonds is 6. The monoisotopic (exact) mass is 298 g/mol. The van der Waals surface area contributed by atoms with Gasteiger partial charge in [0.2, 0.25) is 0 Å². The molecule has 1 amide bonds. The van der Waals surface area contributed by atoms with E-state index in [9.17, 15) is 4.79 Å². The summed E-state index contributed by atoms with van der Waals surface area (Å²) in [4.78, 5) is 20.8. The molecule has 3 rings (SSSR count). The third-order valence-electron chi connectivity index (χ3n) is 4.16. The summed E-state index contributed by atoms with van der Waals surface area (Å²) >= 11 is 0. The summed E-state index contributed by atoms with van der Waals surface area (Å²) in [6, 6.07) is 3.59. The maximum atomic E-state index is 12.2. The second kappa shape index (κ2) is 6.30. The van der Waals surface area contributed by atoms with Gasteiger partial charge in [-0.1, -0.05) is 0 Å². The fraction of sp³-hybridized carbons (Fsp3) is 0.471. The normalized spacial score (nSPS) is 14.1. The Morgan fingerprint density at radius 1 is 1.36 bits per heavy atom. The molecular formula is C17H22N4O. The topological polar surface area (TPSA) is 59.8 Å². The molecule has 0 aromatic carbocycles. The third kappa shape index (κ3) is 3.35. The molecule has 0 atom stereocenters. The number of nitrogens with zero attached hydrogens (tertiary/aromatic N) is 3. The van der Waals surface area contributed by atoms with E-state index in [1.807, 2.05) is 13.1 Å². The standard InChI is InChI=1S/C17H22N4O/c1-12-10-20-16(21(12)11-14-5-6-14)7-9-19-17(22)15-4-3-8-18-13(15)2/h3-4,8,10,14H,5-7,9,11H2,1-2H3,(H,19,22). The second-order valence-electron chi connectivity index (χ2n) is 6.01. The van der Waals surface area contributed by atoms with Crippen LogP contribution in [0.5, 0.6) is 0 Å². The van der Waals surface area contributed by atoms with Crippen LogP contribution in [0.1, 0.15) is 40.4 Å². The molecule has 116 valence electrons. The van der Waals surface area contributed by atoms with Crippen molar-refractivity contribution < 1.29 is 4.79 Å². The van der Waals surface area contributed by atoms with Crippen LogP contribution in [0.3, 0.4) is 0 Å². The first-order valence-electron chi connectivity index (χ1n) is 7.86. The zero-order valence-corrected chi connectivity index (χ0v) is 13.2. The van der Waals surface area contributed by atoms with Crippen molar-refractivity contribution in [3.63, 3.8) is 0 Å². The molecule has 2 aromatic heterocycles. The summed E-state index contributed by atoms with van der Waals surface area (Å²) in [5, 5.41) is 2.96. The van der Waals surface area contributed by atoms with Crippen LogP contribution in [0.2, 0.25) is 0 Å². The first-order valence-corrected chi connectivity index (χ1v) is 7.86. The van der Waals surface area contributed by atoms with Gasteiger partial charge >= 0.3 is 0 Å². The number of aromatic nitrogens is 3. The van der Waals surface area contributed by atoms with Crippen LogP contribution >= 0.6 is 0 Å². The molecule has 2 heterocycles. The summed E-state index contributed by atoms with van der Waals surface area (Å²) in [5.41, 5.74) is 2.60. The number of amides is 1. The molecule has 1 aliphatic carbocycles. The average Bonchev–Trinajstić information content (AvgIpc) is 3.26. The van der Waals surface area contributed by atoms with Crippen molar-refractivity contribution >= 4 is 5.91 Å². The highest BCUT2D eigenvalue weighted by molar-refractivity contribution is 5.95. The number of aryl methyl sites for hydroxylation is 2. The number of imidazole rings is 1. The minimum Gasteiger partial charge on any atom is -0.352 e. The molecule has 0 saturated heterocycles. The van der Waals surface area contributed by atoms with E-state index in [0.29, 0.717) is 12.1 Å². The van der Waals surface area contributed by atoms with E-state index in [-0.39, 0.29) is 5.91 Å². The molecule has 0 spiro atoms. The molecule has 0 bridgehead atoms. The van der Waals surface area contributed by atoms with Crippen LogP contribution in [0, 0.1) is 19.8 Å². The number of nitrogens with one attached hydrogen (secondary N) is 1. The van der Waals surface area contributed by atoms with Gasteiger partial charge in [-0.2, -0.15) is 0 Å². The van der Waals surface area contributed by atoms with E-state index >= 15 is 0 Å². The van der Waals surface area contributed by atoms with Gasteiger partial charge in [-0.05, 0) is 44.7 Å². The number of carbonyl (C=O) groups excluding carboxylic acids is 1. The van der Waals surface area contributed by atoms with Crippen LogP contribution in [-0.2, 0) is 13.0 Å². The van der Waals surface area contributed by atoms with Gasteiger partial charge in [0.15, 0.2) is 0 Å². The molecule has 0 radical (unpaired) electrons. The van der Waals surface area contributed by atoms with E-state index in [0.717, 1.165) is 30.4 Å². The molecule has 22 heavy (non-hydrogen) atoms. The average molecular weight is 298 g/mol. The van der Waals surface area contributed by atoms with E-state index in [1.165, 1.54) is 18.5 Å².